The Morgan fingerprint density at radius 3 is 2.65 bits per heavy atom. The van der Waals surface area contributed by atoms with Crippen LogP contribution >= 0.6 is 11.8 Å². The maximum Gasteiger partial charge on any atom is 0.291 e. The molecule has 0 radical (unpaired) electrons. The molecule has 0 saturated heterocycles. The summed E-state index contributed by atoms with van der Waals surface area (Å²) in [4.78, 5) is 13.4. The second kappa shape index (κ2) is 7.20. The number of nitrogens with one attached hydrogen (secondary N) is 1. The van der Waals surface area contributed by atoms with Crippen LogP contribution in [0.15, 0.2) is 76.0 Å². The molecular formula is C19H17NO2S. The average Bonchev–Trinajstić information content (AvgIpc) is 3.03. The number of furan rings is 1. The summed E-state index contributed by atoms with van der Waals surface area (Å²) in [5, 5.41) is 2.85. The zero-order valence-corrected chi connectivity index (χ0v) is 13.6. The van der Waals surface area contributed by atoms with Gasteiger partial charge in [0, 0.05) is 10.6 Å². The van der Waals surface area contributed by atoms with E-state index in [0.29, 0.717) is 11.5 Å². The Labute approximate surface area is 139 Å². The standard InChI is InChI=1S/C19H17NO2S/c1-14-6-5-7-15(12-14)20-19(21)18-11-10-16(22-18)13-23-17-8-3-2-4-9-17/h2-12H,13H2,1H3,(H,20,21). The van der Waals surface area contributed by atoms with Crippen LogP contribution in [-0.4, -0.2) is 5.91 Å². The molecular weight excluding hydrogens is 306 g/mol. The van der Waals surface area contributed by atoms with E-state index in [9.17, 15) is 4.79 Å². The number of carbonyl (C=O) groups is 1. The smallest absolute Gasteiger partial charge is 0.291 e. The molecule has 1 amide bonds. The summed E-state index contributed by atoms with van der Waals surface area (Å²) in [6.45, 7) is 1.99. The topological polar surface area (TPSA) is 42.2 Å². The predicted molar refractivity (Wildman–Crippen MR) is 93.8 cm³/mol. The highest BCUT2D eigenvalue weighted by Crippen LogP contribution is 2.23. The van der Waals surface area contributed by atoms with Crippen LogP contribution in [0.5, 0.6) is 0 Å². The first-order valence-corrected chi connectivity index (χ1v) is 8.34. The highest BCUT2D eigenvalue weighted by molar-refractivity contribution is 7.98. The number of carbonyl (C=O) groups excluding carboxylic acids is 1. The number of rotatable bonds is 5. The SMILES string of the molecule is Cc1cccc(NC(=O)c2ccc(CSc3ccccc3)o2)c1. The number of anilines is 1. The lowest BCUT2D eigenvalue weighted by Gasteiger charge is -2.04. The van der Waals surface area contributed by atoms with Gasteiger partial charge in [-0.3, -0.25) is 4.79 Å². The van der Waals surface area contributed by atoms with Crippen LogP contribution in [0.4, 0.5) is 5.69 Å². The zero-order valence-electron chi connectivity index (χ0n) is 12.8. The Kier molecular flexibility index (Phi) is 4.83. The van der Waals surface area contributed by atoms with Crippen LogP contribution in [0.3, 0.4) is 0 Å². The first-order valence-electron chi connectivity index (χ1n) is 7.35. The van der Waals surface area contributed by atoms with E-state index in [1.807, 2.05) is 55.5 Å². The Morgan fingerprint density at radius 2 is 1.87 bits per heavy atom. The fourth-order valence-electron chi connectivity index (χ4n) is 2.16. The minimum Gasteiger partial charge on any atom is -0.455 e. The molecule has 0 spiro atoms. The highest BCUT2D eigenvalue weighted by Gasteiger charge is 2.11. The van der Waals surface area contributed by atoms with Crippen molar-refractivity contribution in [3.8, 4) is 0 Å². The number of hydrogen-bond acceptors (Lipinski definition) is 3. The molecule has 0 atom stereocenters. The number of amides is 1. The van der Waals surface area contributed by atoms with E-state index < -0.39 is 0 Å². The molecule has 3 aromatic rings. The van der Waals surface area contributed by atoms with E-state index in [2.05, 4.69) is 17.4 Å². The Bertz CT molecular complexity index is 796. The summed E-state index contributed by atoms with van der Waals surface area (Å²) >= 11 is 1.68. The molecule has 0 aliphatic rings. The Balaban J connectivity index is 1.61. The number of aryl methyl sites for hydroxylation is 1. The average molecular weight is 323 g/mol. The van der Waals surface area contributed by atoms with Gasteiger partial charge in [0.2, 0.25) is 0 Å². The van der Waals surface area contributed by atoms with Gasteiger partial charge in [-0.25, -0.2) is 0 Å². The third kappa shape index (κ3) is 4.27. The van der Waals surface area contributed by atoms with Gasteiger partial charge in [-0.2, -0.15) is 0 Å². The van der Waals surface area contributed by atoms with Crippen molar-refractivity contribution in [2.45, 2.75) is 17.6 Å². The number of benzene rings is 2. The van der Waals surface area contributed by atoms with E-state index >= 15 is 0 Å². The van der Waals surface area contributed by atoms with Crippen molar-refractivity contribution in [3.05, 3.63) is 83.8 Å². The first kappa shape index (κ1) is 15.4. The van der Waals surface area contributed by atoms with Gasteiger partial charge in [0.05, 0.1) is 5.75 Å². The van der Waals surface area contributed by atoms with Crippen LogP contribution in [0.25, 0.3) is 0 Å². The van der Waals surface area contributed by atoms with Gasteiger partial charge >= 0.3 is 0 Å². The molecule has 1 heterocycles. The summed E-state index contributed by atoms with van der Waals surface area (Å²) in [6.07, 6.45) is 0. The minimum absolute atomic E-state index is 0.230. The molecule has 2 aromatic carbocycles. The molecule has 1 aromatic heterocycles. The molecule has 0 unspecified atom stereocenters. The van der Waals surface area contributed by atoms with Crippen molar-refractivity contribution in [2.75, 3.05) is 5.32 Å². The van der Waals surface area contributed by atoms with Gasteiger partial charge < -0.3 is 9.73 Å². The molecule has 1 N–H and O–H groups in total. The largest absolute Gasteiger partial charge is 0.455 e. The van der Waals surface area contributed by atoms with Crippen molar-refractivity contribution in [2.24, 2.45) is 0 Å². The molecule has 3 rings (SSSR count). The molecule has 4 heteroatoms. The third-order valence-electron chi connectivity index (χ3n) is 3.29. The predicted octanol–water partition coefficient (Wildman–Crippen LogP) is 5.13. The minimum atomic E-state index is -0.230. The van der Waals surface area contributed by atoms with E-state index in [-0.39, 0.29) is 5.91 Å². The lowest BCUT2D eigenvalue weighted by Crippen LogP contribution is -2.10. The van der Waals surface area contributed by atoms with Gasteiger partial charge in [-0.15, -0.1) is 11.8 Å². The van der Waals surface area contributed by atoms with Crippen molar-refractivity contribution in [3.63, 3.8) is 0 Å². The van der Waals surface area contributed by atoms with Gasteiger partial charge in [0.15, 0.2) is 5.76 Å². The molecule has 116 valence electrons. The van der Waals surface area contributed by atoms with E-state index in [1.54, 1.807) is 17.8 Å². The van der Waals surface area contributed by atoms with Crippen LogP contribution in [0.2, 0.25) is 0 Å². The molecule has 0 aliphatic carbocycles. The third-order valence-corrected chi connectivity index (χ3v) is 4.32. The molecule has 23 heavy (non-hydrogen) atoms. The number of thioether (sulfide) groups is 1. The molecule has 0 bridgehead atoms. The summed E-state index contributed by atoms with van der Waals surface area (Å²) in [6, 6.07) is 21.4. The molecule has 0 saturated carbocycles. The second-order valence-corrected chi connectivity index (χ2v) is 6.24. The maximum atomic E-state index is 12.2. The molecule has 0 fully saturated rings. The first-order chi connectivity index (χ1) is 11.2. The number of hydrogen-bond donors (Lipinski definition) is 1. The lowest BCUT2D eigenvalue weighted by molar-refractivity contribution is 0.0995. The van der Waals surface area contributed by atoms with Crippen molar-refractivity contribution in [1.82, 2.24) is 0 Å². The van der Waals surface area contributed by atoms with Crippen LogP contribution in [0.1, 0.15) is 21.9 Å². The molecule has 3 nitrogen and oxygen atoms in total. The highest BCUT2D eigenvalue weighted by atomic mass is 32.2. The summed E-state index contributed by atoms with van der Waals surface area (Å²) in [5.74, 6) is 1.58. The zero-order chi connectivity index (χ0) is 16.1. The van der Waals surface area contributed by atoms with Crippen molar-refractivity contribution in [1.29, 1.82) is 0 Å². The van der Waals surface area contributed by atoms with Crippen molar-refractivity contribution >= 4 is 23.4 Å². The fourth-order valence-corrected chi connectivity index (χ4v) is 2.98. The maximum absolute atomic E-state index is 12.2. The van der Waals surface area contributed by atoms with E-state index in [1.165, 1.54) is 4.90 Å². The van der Waals surface area contributed by atoms with Crippen LogP contribution < -0.4 is 5.32 Å². The second-order valence-electron chi connectivity index (χ2n) is 5.19. The van der Waals surface area contributed by atoms with Crippen LogP contribution in [-0.2, 0) is 5.75 Å². The summed E-state index contributed by atoms with van der Waals surface area (Å²) in [5.41, 5.74) is 1.87. The van der Waals surface area contributed by atoms with Crippen LogP contribution in [0, 0.1) is 6.92 Å². The van der Waals surface area contributed by atoms with E-state index in [4.69, 9.17) is 4.42 Å². The van der Waals surface area contributed by atoms with E-state index in [0.717, 1.165) is 17.0 Å². The van der Waals surface area contributed by atoms with Gasteiger partial charge in [0.1, 0.15) is 5.76 Å². The fraction of sp³-hybridized carbons (Fsp3) is 0.105. The summed E-state index contributed by atoms with van der Waals surface area (Å²) in [7, 11) is 0. The molecule has 0 aliphatic heterocycles. The van der Waals surface area contributed by atoms with Gasteiger partial charge in [-0.05, 0) is 48.9 Å². The monoisotopic (exact) mass is 323 g/mol. The Morgan fingerprint density at radius 1 is 1.04 bits per heavy atom. The normalized spacial score (nSPS) is 10.5. The van der Waals surface area contributed by atoms with Gasteiger partial charge in [-0.1, -0.05) is 30.3 Å². The van der Waals surface area contributed by atoms with Crippen molar-refractivity contribution < 1.29 is 9.21 Å². The quantitative estimate of drug-likeness (QED) is 0.662. The van der Waals surface area contributed by atoms with Gasteiger partial charge in [0.25, 0.3) is 5.91 Å². The summed E-state index contributed by atoms with van der Waals surface area (Å²) < 4.78 is 5.64. The lowest BCUT2D eigenvalue weighted by atomic mass is 10.2. The Hall–Kier alpha value is -2.46.